The van der Waals surface area contributed by atoms with E-state index in [1.165, 1.54) is 5.69 Å². The molecule has 2 N–H and O–H groups in total. The van der Waals surface area contributed by atoms with Crippen molar-refractivity contribution in [3.63, 3.8) is 0 Å². The Morgan fingerprint density at radius 2 is 2.40 bits per heavy atom. The van der Waals surface area contributed by atoms with Gasteiger partial charge in [-0.15, -0.1) is 0 Å². The summed E-state index contributed by atoms with van der Waals surface area (Å²) >= 11 is 1.94. The third kappa shape index (κ3) is 4.71. The Kier molecular flexibility index (Phi) is 5.79. The molecular formula is C11H21N3S. The molecule has 0 saturated heterocycles. The van der Waals surface area contributed by atoms with Crippen LogP contribution in [0.3, 0.4) is 0 Å². The highest BCUT2D eigenvalue weighted by Gasteiger charge is 2.01. The fourth-order valence-electron chi connectivity index (χ4n) is 1.36. The van der Waals surface area contributed by atoms with Crippen molar-refractivity contribution in [2.45, 2.75) is 45.0 Å². The minimum Gasteiger partial charge on any atom is -0.334 e. The molecule has 4 heteroatoms. The van der Waals surface area contributed by atoms with E-state index in [9.17, 15) is 0 Å². The van der Waals surface area contributed by atoms with Crippen LogP contribution < -0.4 is 5.73 Å². The van der Waals surface area contributed by atoms with Gasteiger partial charge in [0.2, 0.25) is 0 Å². The van der Waals surface area contributed by atoms with Gasteiger partial charge in [0.1, 0.15) is 0 Å². The molecule has 1 atom stereocenters. The quantitative estimate of drug-likeness (QED) is 0.727. The zero-order valence-corrected chi connectivity index (χ0v) is 10.5. The number of thioether (sulfide) groups is 1. The van der Waals surface area contributed by atoms with Gasteiger partial charge in [-0.2, -0.15) is 11.8 Å². The molecule has 0 aliphatic rings. The number of aryl methyl sites for hydroxylation is 1. The van der Waals surface area contributed by atoms with Gasteiger partial charge in [-0.3, -0.25) is 0 Å². The zero-order chi connectivity index (χ0) is 11.1. The molecule has 86 valence electrons. The van der Waals surface area contributed by atoms with E-state index in [4.69, 9.17) is 5.73 Å². The second kappa shape index (κ2) is 6.90. The van der Waals surface area contributed by atoms with Gasteiger partial charge in [0.25, 0.3) is 0 Å². The number of imidazole rings is 1. The molecule has 0 fully saturated rings. The topological polar surface area (TPSA) is 43.8 Å². The van der Waals surface area contributed by atoms with Gasteiger partial charge >= 0.3 is 0 Å². The summed E-state index contributed by atoms with van der Waals surface area (Å²) in [6.45, 7) is 5.32. The van der Waals surface area contributed by atoms with Crippen LogP contribution in [0.4, 0.5) is 0 Å². The van der Waals surface area contributed by atoms with Crippen molar-refractivity contribution in [3.8, 4) is 0 Å². The molecule has 0 aliphatic carbocycles. The van der Waals surface area contributed by atoms with Crippen molar-refractivity contribution in [1.82, 2.24) is 9.55 Å². The highest BCUT2D eigenvalue weighted by Crippen LogP contribution is 2.13. The van der Waals surface area contributed by atoms with Crippen molar-refractivity contribution >= 4 is 11.8 Å². The van der Waals surface area contributed by atoms with Gasteiger partial charge in [0.05, 0.1) is 6.33 Å². The molecule has 3 nitrogen and oxygen atoms in total. The highest BCUT2D eigenvalue weighted by molar-refractivity contribution is 7.98. The van der Waals surface area contributed by atoms with Crippen LogP contribution in [-0.4, -0.2) is 21.3 Å². The lowest BCUT2D eigenvalue weighted by Gasteiger charge is -2.07. The maximum atomic E-state index is 5.70. The summed E-state index contributed by atoms with van der Waals surface area (Å²) in [6, 6.07) is 0.318. The van der Waals surface area contributed by atoms with Crippen LogP contribution in [0, 0.1) is 0 Å². The van der Waals surface area contributed by atoms with Crippen molar-refractivity contribution in [3.05, 3.63) is 18.2 Å². The summed E-state index contributed by atoms with van der Waals surface area (Å²) in [6.07, 6.45) is 6.14. The smallest absolute Gasteiger partial charge is 0.0948 e. The average Bonchev–Trinajstić information content (AvgIpc) is 2.61. The minimum absolute atomic E-state index is 0.318. The summed E-state index contributed by atoms with van der Waals surface area (Å²) in [7, 11) is 0. The van der Waals surface area contributed by atoms with Crippen molar-refractivity contribution in [1.29, 1.82) is 0 Å². The number of nitrogens with zero attached hydrogens (tertiary/aromatic N) is 2. The maximum Gasteiger partial charge on any atom is 0.0948 e. The van der Waals surface area contributed by atoms with Crippen LogP contribution >= 0.6 is 11.8 Å². The summed E-state index contributed by atoms with van der Waals surface area (Å²) in [5, 5.41) is 0. The number of nitrogens with two attached hydrogens (primary N) is 1. The summed E-state index contributed by atoms with van der Waals surface area (Å²) in [5.41, 5.74) is 7.02. The summed E-state index contributed by atoms with van der Waals surface area (Å²) < 4.78 is 2.23. The molecule has 1 aromatic heterocycles. The summed E-state index contributed by atoms with van der Waals surface area (Å²) in [4.78, 5) is 4.18. The van der Waals surface area contributed by atoms with E-state index >= 15 is 0 Å². The highest BCUT2D eigenvalue weighted by atomic mass is 32.2. The van der Waals surface area contributed by atoms with Crippen LogP contribution in [0.1, 0.15) is 32.4 Å². The van der Waals surface area contributed by atoms with E-state index in [0.29, 0.717) is 6.04 Å². The van der Waals surface area contributed by atoms with Crippen molar-refractivity contribution in [2.75, 3.05) is 5.75 Å². The van der Waals surface area contributed by atoms with E-state index in [1.807, 2.05) is 24.3 Å². The lowest BCUT2D eigenvalue weighted by molar-refractivity contribution is 0.659. The third-order valence-electron chi connectivity index (χ3n) is 2.23. The molecule has 0 bridgehead atoms. The third-order valence-corrected chi connectivity index (χ3v) is 3.25. The second-order valence-electron chi connectivity index (χ2n) is 3.90. The zero-order valence-electron chi connectivity index (χ0n) is 9.65. The van der Waals surface area contributed by atoms with Gasteiger partial charge in [0.15, 0.2) is 0 Å². The molecule has 1 rings (SSSR count). The van der Waals surface area contributed by atoms with E-state index in [2.05, 4.69) is 23.4 Å². The predicted octanol–water partition coefficient (Wildman–Crippen LogP) is 2.26. The van der Waals surface area contributed by atoms with E-state index in [0.717, 1.165) is 30.9 Å². The lowest BCUT2D eigenvalue weighted by atomic mass is 10.3. The fraction of sp³-hybridized carbons (Fsp3) is 0.727. The van der Waals surface area contributed by atoms with Crippen LogP contribution in [0.15, 0.2) is 12.5 Å². The first-order chi connectivity index (χ1) is 7.24. The van der Waals surface area contributed by atoms with Gasteiger partial charge in [0, 0.05) is 30.2 Å². The Labute approximate surface area is 96.5 Å². The first-order valence-electron chi connectivity index (χ1n) is 5.56. The van der Waals surface area contributed by atoms with Crippen molar-refractivity contribution < 1.29 is 0 Å². The Morgan fingerprint density at radius 1 is 1.60 bits per heavy atom. The van der Waals surface area contributed by atoms with E-state index in [1.54, 1.807) is 0 Å². The van der Waals surface area contributed by atoms with Crippen molar-refractivity contribution in [2.24, 2.45) is 5.73 Å². The number of hydrogen-bond donors (Lipinski definition) is 1. The van der Waals surface area contributed by atoms with Crippen LogP contribution in [-0.2, 0) is 12.3 Å². The maximum absolute atomic E-state index is 5.70. The van der Waals surface area contributed by atoms with Gasteiger partial charge in [-0.05, 0) is 25.5 Å². The molecule has 0 aromatic carbocycles. The van der Waals surface area contributed by atoms with Gasteiger partial charge in [-0.25, -0.2) is 4.98 Å². The molecular weight excluding hydrogens is 206 g/mol. The Bertz CT molecular complexity index is 271. The molecule has 0 aliphatic heterocycles. The fourth-order valence-corrected chi connectivity index (χ4v) is 2.49. The van der Waals surface area contributed by atoms with Crippen LogP contribution in [0.5, 0.6) is 0 Å². The molecule has 15 heavy (non-hydrogen) atoms. The molecule has 0 radical (unpaired) electrons. The van der Waals surface area contributed by atoms with Gasteiger partial charge in [-0.1, -0.05) is 6.92 Å². The average molecular weight is 227 g/mol. The van der Waals surface area contributed by atoms with Crippen LogP contribution in [0.2, 0.25) is 0 Å². The normalized spacial score (nSPS) is 13.0. The predicted molar refractivity (Wildman–Crippen MR) is 66.9 cm³/mol. The first-order valence-corrected chi connectivity index (χ1v) is 6.71. The monoisotopic (exact) mass is 227 g/mol. The van der Waals surface area contributed by atoms with Gasteiger partial charge < -0.3 is 10.3 Å². The number of rotatable bonds is 7. The lowest BCUT2D eigenvalue weighted by Crippen LogP contribution is -2.15. The Balaban J connectivity index is 2.27. The van der Waals surface area contributed by atoms with E-state index < -0.39 is 0 Å². The van der Waals surface area contributed by atoms with Crippen LogP contribution in [0.25, 0.3) is 0 Å². The molecule has 0 saturated carbocycles. The molecule has 0 amide bonds. The molecule has 1 heterocycles. The second-order valence-corrected chi connectivity index (χ2v) is 5.00. The Morgan fingerprint density at radius 3 is 3.07 bits per heavy atom. The SMILES string of the molecule is CCCn1cncc1CSCCC(C)N. The summed E-state index contributed by atoms with van der Waals surface area (Å²) in [5.74, 6) is 2.18. The largest absolute Gasteiger partial charge is 0.334 e. The van der Waals surface area contributed by atoms with E-state index in [-0.39, 0.29) is 0 Å². The Hall–Kier alpha value is -0.480. The minimum atomic E-state index is 0.318. The number of hydrogen-bond acceptors (Lipinski definition) is 3. The number of aromatic nitrogens is 2. The standard InChI is InChI=1S/C11H21N3S/c1-3-5-14-9-13-7-11(14)8-15-6-4-10(2)12/h7,9-10H,3-6,8,12H2,1-2H3. The molecule has 1 unspecified atom stereocenters. The molecule has 0 spiro atoms. The first kappa shape index (κ1) is 12.6. The molecule has 1 aromatic rings.